The molecule has 8 nitrogen and oxygen atoms in total. The van der Waals surface area contributed by atoms with Crippen LogP contribution in [0.15, 0.2) is 71.8 Å². The third-order valence-electron chi connectivity index (χ3n) is 7.57. The van der Waals surface area contributed by atoms with Crippen molar-refractivity contribution < 1.29 is 19.1 Å². The Balaban J connectivity index is 1.78. The molecule has 0 radical (unpaired) electrons. The number of nitrogens with zero attached hydrogens (tertiary/aromatic N) is 4. The van der Waals surface area contributed by atoms with Gasteiger partial charge in [-0.1, -0.05) is 36.4 Å². The first-order valence-electron chi connectivity index (χ1n) is 15.5. The number of hydrogen-bond donors (Lipinski definition) is 0. The number of nitriles is 2. The lowest BCUT2D eigenvalue weighted by molar-refractivity contribution is -0.138. The number of hydrogen-bond acceptors (Lipinski definition) is 8. The molecule has 3 aromatic carbocycles. The van der Waals surface area contributed by atoms with Crippen LogP contribution in [0.5, 0.6) is 0 Å². The lowest BCUT2D eigenvalue weighted by Gasteiger charge is -2.26. The molecule has 0 bridgehead atoms. The van der Waals surface area contributed by atoms with E-state index in [0.29, 0.717) is 0 Å². The van der Waals surface area contributed by atoms with Crippen molar-refractivity contribution in [1.82, 2.24) is 0 Å². The number of benzene rings is 3. The molecule has 46 heavy (non-hydrogen) atoms. The van der Waals surface area contributed by atoms with E-state index in [9.17, 15) is 20.1 Å². The van der Waals surface area contributed by atoms with E-state index in [0.717, 1.165) is 59.8 Å². The molecule has 0 spiro atoms. The van der Waals surface area contributed by atoms with Crippen molar-refractivity contribution in [2.75, 3.05) is 36.1 Å². The largest absolute Gasteiger partial charge is 0.462 e. The molecule has 0 aromatic heterocycles. The minimum atomic E-state index is -0.616. The average Bonchev–Trinajstić information content (AvgIpc) is 3.05. The Morgan fingerprint density at radius 3 is 1.41 bits per heavy atom. The highest BCUT2D eigenvalue weighted by Gasteiger charge is 2.14. The molecule has 0 aliphatic carbocycles. The van der Waals surface area contributed by atoms with Crippen molar-refractivity contribution in [2.24, 2.45) is 0 Å². The van der Waals surface area contributed by atoms with Crippen molar-refractivity contribution in [3.63, 3.8) is 0 Å². The first-order chi connectivity index (χ1) is 22.2. The topological polar surface area (TPSA) is 107 Å². The number of ether oxygens (including phenoxy) is 2. The summed E-state index contributed by atoms with van der Waals surface area (Å²) in [6, 6.07) is 24.5. The van der Waals surface area contributed by atoms with Gasteiger partial charge in [0.1, 0.15) is 23.3 Å². The number of rotatable bonds is 14. The van der Waals surface area contributed by atoms with Gasteiger partial charge in [0.15, 0.2) is 0 Å². The SMILES string of the molecule is CCOC(=O)C(C#N)=Cc1ccc(N(CC)Cc2cccc(CN(CC)c3ccc(C=C(C#N)C(=O)OCC)c(C)c3)c2)cc1C. The lowest BCUT2D eigenvalue weighted by atomic mass is 10.0. The van der Waals surface area contributed by atoms with E-state index in [1.54, 1.807) is 26.0 Å². The van der Waals surface area contributed by atoms with Gasteiger partial charge in [-0.3, -0.25) is 0 Å². The molecule has 0 N–H and O–H groups in total. The van der Waals surface area contributed by atoms with Gasteiger partial charge in [-0.2, -0.15) is 10.5 Å². The lowest BCUT2D eigenvalue weighted by Crippen LogP contribution is -2.23. The highest BCUT2D eigenvalue weighted by Crippen LogP contribution is 2.25. The smallest absolute Gasteiger partial charge is 0.348 e. The van der Waals surface area contributed by atoms with E-state index in [4.69, 9.17) is 9.47 Å². The van der Waals surface area contributed by atoms with Crippen LogP contribution in [0.2, 0.25) is 0 Å². The maximum atomic E-state index is 12.1. The Hall–Kier alpha value is -5.34. The van der Waals surface area contributed by atoms with Gasteiger partial charge in [0.05, 0.1) is 13.2 Å². The molecule has 0 heterocycles. The maximum absolute atomic E-state index is 12.1. The van der Waals surface area contributed by atoms with Crippen LogP contribution < -0.4 is 9.80 Å². The fourth-order valence-electron chi connectivity index (χ4n) is 5.08. The second-order valence-corrected chi connectivity index (χ2v) is 10.7. The Labute approximate surface area is 272 Å². The summed E-state index contributed by atoms with van der Waals surface area (Å²) in [4.78, 5) is 28.7. The van der Waals surface area contributed by atoms with Crippen LogP contribution in [-0.4, -0.2) is 38.2 Å². The monoisotopic (exact) mass is 618 g/mol. The molecule has 0 fully saturated rings. The van der Waals surface area contributed by atoms with Gasteiger partial charge in [-0.05, 0) is 111 Å². The van der Waals surface area contributed by atoms with Crippen molar-refractivity contribution in [3.05, 3.63) is 105 Å². The standard InChI is InChI=1S/C38H42N4O4/c1-7-41(35-16-14-31(27(5)18-35)21-33(23-39)37(43)45-9-3)25-29-12-11-13-30(20-29)26-42(8-2)36-17-15-32(28(6)19-36)22-34(24-40)38(44)46-10-4/h11-22H,7-10,25-26H2,1-6H3. The van der Waals surface area contributed by atoms with Gasteiger partial charge in [-0.15, -0.1) is 0 Å². The molecule has 3 rings (SSSR count). The molecule has 0 aliphatic rings. The molecule has 238 valence electrons. The van der Waals surface area contributed by atoms with E-state index in [-0.39, 0.29) is 24.4 Å². The third-order valence-corrected chi connectivity index (χ3v) is 7.57. The first-order valence-corrected chi connectivity index (χ1v) is 15.5. The molecule has 3 aromatic rings. The quantitative estimate of drug-likeness (QED) is 0.105. The number of aryl methyl sites for hydroxylation is 2. The van der Waals surface area contributed by atoms with Crippen molar-refractivity contribution in [1.29, 1.82) is 10.5 Å². The Bertz CT molecular complexity index is 1570. The minimum absolute atomic E-state index is 0.0203. The highest BCUT2D eigenvalue weighted by molar-refractivity contribution is 5.98. The predicted molar refractivity (Wildman–Crippen MR) is 183 cm³/mol. The Kier molecular flexibility index (Phi) is 13.2. The summed E-state index contributed by atoms with van der Waals surface area (Å²) in [5, 5.41) is 18.8. The van der Waals surface area contributed by atoms with Gasteiger partial charge >= 0.3 is 11.9 Å². The van der Waals surface area contributed by atoms with Crippen LogP contribution in [0.1, 0.15) is 61.1 Å². The molecule has 0 saturated heterocycles. The van der Waals surface area contributed by atoms with Gasteiger partial charge in [0, 0.05) is 37.6 Å². The number of carbonyl (C=O) groups is 2. The summed E-state index contributed by atoms with van der Waals surface area (Å²) in [5.74, 6) is -1.23. The van der Waals surface area contributed by atoms with E-state index in [1.165, 1.54) is 11.1 Å². The second-order valence-electron chi connectivity index (χ2n) is 10.7. The number of esters is 2. The minimum Gasteiger partial charge on any atom is -0.462 e. The molecule has 0 amide bonds. The van der Waals surface area contributed by atoms with E-state index in [1.807, 2.05) is 50.3 Å². The summed E-state index contributed by atoms with van der Waals surface area (Å²) < 4.78 is 9.98. The molecule has 0 aliphatic heterocycles. The van der Waals surface area contributed by atoms with Crippen molar-refractivity contribution >= 4 is 35.5 Å². The molecular weight excluding hydrogens is 576 g/mol. The van der Waals surface area contributed by atoms with Crippen molar-refractivity contribution in [3.8, 4) is 12.1 Å². The zero-order valence-corrected chi connectivity index (χ0v) is 27.6. The number of carbonyl (C=O) groups excluding carboxylic acids is 2. The fourth-order valence-corrected chi connectivity index (χ4v) is 5.08. The van der Waals surface area contributed by atoms with Crippen LogP contribution >= 0.6 is 0 Å². The second kappa shape index (κ2) is 17.2. The van der Waals surface area contributed by atoms with Gasteiger partial charge in [0.25, 0.3) is 0 Å². The molecule has 8 heteroatoms. The molecule has 0 saturated carbocycles. The Morgan fingerprint density at radius 2 is 1.09 bits per heavy atom. The predicted octanol–water partition coefficient (Wildman–Crippen LogP) is 7.30. The summed E-state index contributed by atoms with van der Waals surface area (Å²) >= 11 is 0. The van der Waals surface area contributed by atoms with Gasteiger partial charge < -0.3 is 19.3 Å². The van der Waals surface area contributed by atoms with E-state index >= 15 is 0 Å². The zero-order chi connectivity index (χ0) is 33.6. The van der Waals surface area contributed by atoms with Crippen LogP contribution in [0, 0.1) is 36.5 Å². The maximum Gasteiger partial charge on any atom is 0.348 e. The summed E-state index contributed by atoms with van der Waals surface area (Å²) in [6.07, 6.45) is 3.16. The van der Waals surface area contributed by atoms with Crippen LogP contribution in [0.4, 0.5) is 11.4 Å². The number of anilines is 2. The molecular formula is C38H42N4O4. The average molecular weight is 619 g/mol. The highest BCUT2D eigenvalue weighted by atomic mass is 16.5. The van der Waals surface area contributed by atoms with Crippen LogP contribution in [0.25, 0.3) is 12.2 Å². The van der Waals surface area contributed by atoms with Gasteiger partial charge in [-0.25, -0.2) is 9.59 Å². The van der Waals surface area contributed by atoms with Crippen LogP contribution in [-0.2, 0) is 32.2 Å². The Morgan fingerprint density at radius 1 is 0.674 bits per heavy atom. The normalized spacial score (nSPS) is 11.3. The first kappa shape index (κ1) is 35.1. The molecule has 0 atom stereocenters. The summed E-state index contributed by atoms with van der Waals surface area (Å²) in [5.41, 5.74) is 7.96. The summed E-state index contributed by atoms with van der Waals surface area (Å²) in [7, 11) is 0. The van der Waals surface area contributed by atoms with E-state index < -0.39 is 11.9 Å². The van der Waals surface area contributed by atoms with E-state index in [2.05, 4.69) is 60.0 Å². The van der Waals surface area contributed by atoms with Crippen molar-refractivity contribution in [2.45, 2.75) is 54.6 Å². The fraction of sp³-hybridized carbons (Fsp3) is 0.316. The third kappa shape index (κ3) is 9.33. The molecule has 0 unspecified atom stereocenters. The summed E-state index contributed by atoms with van der Waals surface area (Å²) in [6.45, 7) is 15.1. The van der Waals surface area contributed by atoms with Gasteiger partial charge in [0.2, 0.25) is 0 Å². The van der Waals surface area contributed by atoms with Crippen LogP contribution in [0.3, 0.4) is 0 Å². The zero-order valence-electron chi connectivity index (χ0n) is 27.6.